The highest BCUT2D eigenvalue weighted by molar-refractivity contribution is 9.10. The van der Waals surface area contributed by atoms with Gasteiger partial charge in [0.1, 0.15) is 5.82 Å². The van der Waals surface area contributed by atoms with E-state index >= 15 is 0 Å². The van der Waals surface area contributed by atoms with Crippen LogP contribution in [-0.4, -0.2) is 21.9 Å². The summed E-state index contributed by atoms with van der Waals surface area (Å²) in [5, 5.41) is 7.78. The number of thioether (sulfide) groups is 1. The summed E-state index contributed by atoms with van der Waals surface area (Å²) in [7, 11) is 0. The smallest absolute Gasteiger partial charge is 0.316 e. The second kappa shape index (κ2) is 8.95. The van der Waals surface area contributed by atoms with Crippen molar-refractivity contribution >= 4 is 33.7 Å². The molecule has 1 heterocycles. The van der Waals surface area contributed by atoms with Crippen LogP contribution in [0, 0.1) is 5.82 Å². The lowest BCUT2D eigenvalue weighted by Gasteiger charge is -2.04. The molecule has 134 valence electrons. The monoisotopic (exact) mass is 436 g/mol. The third kappa shape index (κ3) is 5.15. The van der Waals surface area contributed by atoms with Crippen LogP contribution in [0.2, 0.25) is 0 Å². The number of aromatic nitrogens is 2. The summed E-state index contributed by atoms with van der Waals surface area (Å²) in [6, 6.07) is 14.2. The van der Waals surface area contributed by atoms with E-state index < -0.39 is 5.97 Å². The van der Waals surface area contributed by atoms with Gasteiger partial charge in [-0.2, -0.15) is 0 Å². The number of benzene rings is 2. The lowest BCUT2D eigenvalue weighted by atomic mass is 10.2. The highest BCUT2D eigenvalue weighted by Gasteiger charge is 2.11. The van der Waals surface area contributed by atoms with Crippen LogP contribution in [0.4, 0.5) is 4.39 Å². The quantitative estimate of drug-likeness (QED) is 0.503. The number of hydrogen-bond donors (Lipinski definition) is 0. The Kier molecular flexibility index (Phi) is 6.40. The van der Waals surface area contributed by atoms with Gasteiger partial charge in [-0.3, -0.25) is 4.79 Å². The maximum absolute atomic E-state index is 13.7. The highest BCUT2D eigenvalue weighted by atomic mass is 79.9. The van der Waals surface area contributed by atoms with Crippen LogP contribution in [0.15, 0.2) is 57.4 Å². The Balaban J connectivity index is 1.44. The number of esters is 1. The van der Waals surface area contributed by atoms with Crippen molar-refractivity contribution in [2.75, 3.05) is 5.75 Å². The highest BCUT2D eigenvalue weighted by Crippen LogP contribution is 2.20. The predicted molar refractivity (Wildman–Crippen MR) is 99.8 cm³/mol. The lowest BCUT2D eigenvalue weighted by Crippen LogP contribution is -2.07. The van der Waals surface area contributed by atoms with E-state index in [1.165, 1.54) is 17.8 Å². The van der Waals surface area contributed by atoms with Gasteiger partial charge in [0, 0.05) is 15.8 Å². The molecule has 0 spiro atoms. The average molecular weight is 437 g/mol. The minimum atomic E-state index is -0.424. The van der Waals surface area contributed by atoms with Crippen LogP contribution < -0.4 is 0 Å². The first-order valence-electron chi connectivity index (χ1n) is 7.67. The Labute approximate surface area is 162 Å². The summed E-state index contributed by atoms with van der Waals surface area (Å²) in [6.45, 7) is -0.0914. The maximum Gasteiger partial charge on any atom is 0.316 e. The molecule has 3 rings (SSSR count). The molecule has 0 aliphatic carbocycles. The summed E-state index contributed by atoms with van der Waals surface area (Å²) in [5.41, 5.74) is 1.33. The largest absolute Gasteiger partial charge is 0.455 e. The Morgan fingerprint density at radius 3 is 2.77 bits per heavy atom. The molecule has 0 unspecified atom stereocenters. The van der Waals surface area contributed by atoms with Gasteiger partial charge >= 0.3 is 5.97 Å². The van der Waals surface area contributed by atoms with Crippen molar-refractivity contribution < 1.29 is 18.3 Å². The van der Waals surface area contributed by atoms with E-state index in [9.17, 15) is 9.18 Å². The van der Waals surface area contributed by atoms with Crippen LogP contribution in [0.1, 0.15) is 11.5 Å². The van der Waals surface area contributed by atoms with Gasteiger partial charge in [-0.15, -0.1) is 22.0 Å². The molecule has 2 aromatic carbocycles. The molecule has 0 saturated carbocycles. The zero-order valence-electron chi connectivity index (χ0n) is 13.5. The fourth-order valence-electron chi connectivity index (χ4n) is 2.08. The summed E-state index contributed by atoms with van der Waals surface area (Å²) >= 11 is 4.48. The van der Waals surface area contributed by atoms with Gasteiger partial charge in [0.25, 0.3) is 5.89 Å². The molecule has 0 saturated heterocycles. The van der Waals surface area contributed by atoms with E-state index in [1.807, 2.05) is 30.3 Å². The Morgan fingerprint density at radius 1 is 1.19 bits per heavy atom. The van der Waals surface area contributed by atoms with Crippen molar-refractivity contribution in [1.29, 1.82) is 0 Å². The number of carbonyl (C=O) groups is 1. The van der Waals surface area contributed by atoms with Gasteiger partial charge < -0.3 is 9.15 Å². The molecule has 3 aromatic rings. The summed E-state index contributed by atoms with van der Waals surface area (Å²) in [6.07, 6.45) is 0. The minimum absolute atomic E-state index is 0.0914. The fraction of sp³-hybridized carbons (Fsp3) is 0.167. The van der Waals surface area contributed by atoms with E-state index in [1.54, 1.807) is 12.1 Å². The van der Waals surface area contributed by atoms with Crippen LogP contribution in [0.5, 0.6) is 0 Å². The van der Waals surface area contributed by atoms with Crippen LogP contribution in [-0.2, 0) is 21.9 Å². The number of hydrogen-bond acceptors (Lipinski definition) is 6. The van der Waals surface area contributed by atoms with Gasteiger partial charge in [0.05, 0.1) is 5.75 Å². The molecular formula is C18H14BrFN2O3S. The molecule has 0 amide bonds. The summed E-state index contributed by atoms with van der Waals surface area (Å²) in [4.78, 5) is 11.8. The summed E-state index contributed by atoms with van der Waals surface area (Å²) in [5.74, 6) is 0.353. The molecule has 0 radical (unpaired) electrons. The van der Waals surface area contributed by atoms with Crippen molar-refractivity contribution in [3.63, 3.8) is 0 Å². The summed E-state index contributed by atoms with van der Waals surface area (Å²) < 4.78 is 24.9. The van der Waals surface area contributed by atoms with Gasteiger partial charge in [-0.1, -0.05) is 40.2 Å². The van der Waals surface area contributed by atoms with Crippen molar-refractivity contribution in [2.24, 2.45) is 0 Å². The molecule has 0 aliphatic heterocycles. The first-order valence-corrected chi connectivity index (χ1v) is 9.61. The van der Waals surface area contributed by atoms with Gasteiger partial charge in [-0.05, 0) is 29.8 Å². The minimum Gasteiger partial charge on any atom is -0.455 e. The first-order chi connectivity index (χ1) is 12.6. The number of carbonyl (C=O) groups excluding carboxylic acids is 1. The molecule has 0 N–H and O–H groups in total. The van der Waals surface area contributed by atoms with Gasteiger partial charge in [-0.25, -0.2) is 4.39 Å². The molecule has 0 bridgehead atoms. The van der Waals surface area contributed by atoms with Gasteiger partial charge in [0.15, 0.2) is 6.61 Å². The number of nitrogens with zero attached hydrogens (tertiary/aromatic N) is 2. The van der Waals surface area contributed by atoms with E-state index in [0.717, 1.165) is 5.56 Å². The molecule has 0 fully saturated rings. The molecule has 26 heavy (non-hydrogen) atoms. The Hall–Kier alpha value is -2.19. The predicted octanol–water partition coefficient (Wildman–Crippen LogP) is 4.61. The Morgan fingerprint density at radius 2 is 2.00 bits per heavy atom. The van der Waals surface area contributed by atoms with E-state index in [4.69, 9.17) is 9.15 Å². The zero-order valence-corrected chi connectivity index (χ0v) is 15.9. The Bertz CT molecular complexity index is 889. The topological polar surface area (TPSA) is 65.2 Å². The molecular weight excluding hydrogens is 423 g/mol. The van der Waals surface area contributed by atoms with Crippen molar-refractivity contribution in [1.82, 2.24) is 10.2 Å². The second-order valence-electron chi connectivity index (χ2n) is 5.26. The molecule has 5 nitrogen and oxygen atoms in total. The fourth-order valence-corrected chi connectivity index (χ4v) is 3.22. The second-order valence-corrected chi connectivity index (χ2v) is 7.16. The van der Waals surface area contributed by atoms with E-state index in [2.05, 4.69) is 26.1 Å². The standard InChI is InChI=1S/C18H14BrFN2O3S/c19-14-7-6-13(15(20)8-14)10-26-11-17(23)24-9-16-21-22-18(25-16)12-4-2-1-3-5-12/h1-8H,9-11H2. The average Bonchev–Trinajstić information content (AvgIpc) is 3.12. The number of ether oxygens (including phenoxy) is 1. The number of halogens is 2. The van der Waals surface area contributed by atoms with Crippen LogP contribution in [0.3, 0.4) is 0 Å². The maximum atomic E-state index is 13.7. The number of rotatable bonds is 7. The van der Waals surface area contributed by atoms with E-state index in [0.29, 0.717) is 21.7 Å². The molecule has 0 atom stereocenters. The molecule has 1 aromatic heterocycles. The van der Waals surface area contributed by atoms with Gasteiger partial charge in [0.2, 0.25) is 5.89 Å². The van der Waals surface area contributed by atoms with Crippen molar-refractivity contribution in [2.45, 2.75) is 12.4 Å². The molecule has 0 aliphatic rings. The first kappa shape index (κ1) is 18.6. The third-order valence-electron chi connectivity index (χ3n) is 3.34. The van der Waals surface area contributed by atoms with Crippen molar-refractivity contribution in [3.8, 4) is 11.5 Å². The lowest BCUT2D eigenvalue weighted by molar-refractivity contribution is -0.142. The van der Waals surface area contributed by atoms with Crippen molar-refractivity contribution in [3.05, 3.63) is 70.3 Å². The van der Waals surface area contributed by atoms with E-state index in [-0.39, 0.29) is 24.1 Å². The van der Waals surface area contributed by atoms with Crippen LogP contribution in [0.25, 0.3) is 11.5 Å². The van der Waals surface area contributed by atoms with Crippen LogP contribution >= 0.6 is 27.7 Å². The zero-order chi connectivity index (χ0) is 18.4. The third-order valence-corrected chi connectivity index (χ3v) is 4.79. The SMILES string of the molecule is O=C(CSCc1ccc(Br)cc1F)OCc1nnc(-c2ccccc2)o1. The molecule has 8 heteroatoms. The normalized spacial score (nSPS) is 10.7.